The number of nitrogens with one attached hydrogen (secondary N) is 2. The van der Waals surface area contributed by atoms with E-state index in [4.69, 9.17) is 0 Å². The number of halogens is 1. The average molecular weight is 260 g/mol. The summed E-state index contributed by atoms with van der Waals surface area (Å²) in [5.41, 5.74) is 0.590. The molecule has 0 unspecified atom stereocenters. The number of carbonyl (C=O) groups excluding carboxylic acids is 1. The fourth-order valence-electron chi connectivity index (χ4n) is 1.67. The maximum Gasteiger partial charge on any atom is 0.260 e. The monoisotopic (exact) mass is 260 g/mol. The Labute approximate surface area is 109 Å². The first-order valence-corrected chi connectivity index (χ1v) is 5.87. The van der Waals surface area contributed by atoms with Gasteiger partial charge in [0, 0.05) is 12.7 Å². The quantitative estimate of drug-likeness (QED) is 0.874. The van der Waals surface area contributed by atoms with Gasteiger partial charge in [0.2, 0.25) is 0 Å². The van der Waals surface area contributed by atoms with E-state index in [0.29, 0.717) is 13.0 Å². The van der Waals surface area contributed by atoms with Crippen LogP contribution in [0, 0.1) is 5.82 Å². The number of hydrogen-bond donors (Lipinski definition) is 2. The van der Waals surface area contributed by atoms with Gasteiger partial charge in [-0.15, -0.1) is 0 Å². The molecule has 0 aliphatic heterocycles. The summed E-state index contributed by atoms with van der Waals surface area (Å²) in [5, 5.41) is 2.65. The van der Waals surface area contributed by atoms with Crippen molar-refractivity contribution in [3.05, 3.63) is 69.9 Å². The van der Waals surface area contributed by atoms with Gasteiger partial charge in [-0.2, -0.15) is 0 Å². The van der Waals surface area contributed by atoms with Crippen LogP contribution in [0.1, 0.15) is 15.9 Å². The number of rotatable bonds is 4. The van der Waals surface area contributed by atoms with Crippen LogP contribution in [-0.2, 0) is 6.42 Å². The highest BCUT2D eigenvalue weighted by Crippen LogP contribution is 2.02. The topological polar surface area (TPSA) is 62.0 Å². The lowest BCUT2D eigenvalue weighted by atomic mass is 10.1. The van der Waals surface area contributed by atoms with Crippen LogP contribution in [0.3, 0.4) is 0 Å². The molecule has 0 aliphatic rings. The zero-order valence-corrected chi connectivity index (χ0v) is 10.2. The Kier molecular flexibility index (Phi) is 4.07. The normalized spacial score (nSPS) is 10.2. The number of H-pyrrole nitrogens is 1. The summed E-state index contributed by atoms with van der Waals surface area (Å²) in [7, 11) is 0. The SMILES string of the molecule is O=C(NCCc1ccc(F)cc1)c1ccc[nH]c1=O. The Morgan fingerprint density at radius 3 is 2.63 bits per heavy atom. The average Bonchev–Trinajstić information content (AvgIpc) is 2.41. The molecule has 19 heavy (non-hydrogen) atoms. The minimum atomic E-state index is -0.415. The van der Waals surface area contributed by atoms with Gasteiger partial charge in [-0.3, -0.25) is 9.59 Å². The Bertz CT molecular complexity index is 620. The highest BCUT2D eigenvalue weighted by molar-refractivity contribution is 5.93. The van der Waals surface area contributed by atoms with Crippen molar-refractivity contribution in [3.8, 4) is 0 Å². The molecule has 1 heterocycles. The molecule has 2 N–H and O–H groups in total. The molecule has 4 nitrogen and oxygen atoms in total. The lowest BCUT2D eigenvalue weighted by Gasteiger charge is -2.04. The van der Waals surface area contributed by atoms with Crippen LogP contribution < -0.4 is 10.9 Å². The van der Waals surface area contributed by atoms with Crippen molar-refractivity contribution in [3.63, 3.8) is 0 Å². The fraction of sp³-hybridized carbons (Fsp3) is 0.143. The lowest BCUT2D eigenvalue weighted by molar-refractivity contribution is 0.0952. The predicted molar refractivity (Wildman–Crippen MR) is 69.5 cm³/mol. The van der Waals surface area contributed by atoms with Gasteiger partial charge >= 0.3 is 0 Å². The van der Waals surface area contributed by atoms with E-state index in [9.17, 15) is 14.0 Å². The van der Waals surface area contributed by atoms with Gasteiger partial charge in [-0.1, -0.05) is 12.1 Å². The molecule has 2 rings (SSSR count). The van der Waals surface area contributed by atoms with Crippen molar-refractivity contribution >= 4 is 5.91 Å². The Morgan fingerprint density at radius 2 is 1.95 bits per heavy atom. The number of amides is 1. The smallest absolute Gasteiger partial charge is 0.260 e. The summed E-state index contributed by atoms with van der Waals surface area (Å²) < 4.78 is 12.7. The third-order valence-corrected chi connectivity index (χ3v) is 2.68. The van der Waals surface area contributed by atoms with Gasteiger partial charge in [0.05, 0.1) is 0 Å². The van der Waals surface area contributed by atoms with Crippen LogP contribution in [0.5, 0.6) is 0 Å². The molecule has 0 aliphatic carbocycles. The molecule has 1 aromatic carbocycles. The summed E-state index contributed by atoms with van der Waals surface area (Å²) in [4.78, 5) is 25.5. The minimum Gasteiger partial charge on any atom is -0.352 e. The van der Waals surface area contributed by atoms with Crippen molar-refractivity contribution in [2.45, 2.75) is 6.42 Å². The van der Waals surface area contributed by atoms with Crippen LogP contribution in [0.4, 0.5) is 4.39 Å². The molecule has 0 bridgehead atoms. The van der Waals surface area contributed by atoms with E-state index < -0.39 is 11.5 Å². The van der Waals surface area contributed by atoms with E-state index >= 15 is 0 Å². The molecular formula is C14H13FN2O2. The minimum absolute atomic E-state index is 0.0848. The maximum absolute atomic E-state index is 12.7. The van der Waals surface area contributed by atoms with Gasteiger partial charge in [-0.05, 0) is 36.2 Å². The van der Waals surface area contributed by atoms with Gasteiger partial charge in [-0.25, -0.2) is 4.39 Å². The summed E-state index contributed by atoms with van der Waals surface area (Å²) in [6.07, 6.45) is 2.05. The molecular weight excluding hydrogens is 247 g/mol. The van der Waals surface area contributed by atoms with Gasteiger partial charge in [0.25, 0.3) is 11.5 Å². The van der Waals surface area contributed by atoms with Gasteiger partial charge in [0.1, 0.15) is 11.4 Å². The van der Waals surface area contributed by atoms with Crippen molar-refractivity contribution in [1.29, 1.82) is 0 Å². The molecule has 0 saturated heterocycles. The third kappa shape index (κ3) is 3.51. The number of pyridine rings is 1. The van der Waals surface area contributed by atoms with E-state index in [0.717, 1.165) is 5.56 Å². The van der Waals surface area contributed by atoms with Gasteiger partial charge < -0.3 is 10.3 Å². The highest BCUT2D eigenvalue weighted by Gasteiger charge is 2.08. The number of aromatic nitrogens is 1. The molecule has 98 valence electrons. The van der Waals surface area contributed by atoms with E-state index in [1.165, 1.54) is 24.4 Å². The van der Waals surface area contributed by atoms with Crippen molar-refractivity contribution < 1.29 is 9.18 Å². The summed E-state index contributed by atoms with van der Waals surface area (Å²) in [5.74, 6) is -0.701. The second-order valence-corrected chi connectivity index (χ2v) is 4.05. The second kappa shape index (κ2) is 5.95. The third-order valence-electron chi connectivity index (χ3n) is 2.68. The zero-order chi connectivity index (χ0) is 13.7. The second-order valence-electron chi connectivity index (χ2n) is 4.05. The summed E-state index contributed by atoms with van der Waals surface area (Å²) >= 11 is 0. The first-order chi connectivity index (χ1) is 9.16. The van der Waals surface area contributed by atoms with Gasteiger partial charge in [0.15, 0.2) is 0 Å². The Morgan fingerprint density at radius 1 is 1.21 bits per heavy atom. The van der Waals surface area contributed by atoms with Crippen LogP contribution in [0.25, 0.3) is 0 Å². The van der Waals surface area contributed by atoms with Crippen LogP contribution in [-0.4, -0.2) is 17.4 Å². The molecule has 0 spiro atoms. The first-order valence-electron chi connectivity index (χ1n) is 5.87. The molecule has 0 atom stereocenters. The molecule has 0 fully saturated rings. The first kappa shape index (κ1) is 13.0. The van der Waals surface area contributed by atoms with Crippen LogP contribution in [0.2, 0.25) is 0 Å². The summed E-state index contributed by atoms with van der Waals surface area (Å²) in [6.45, 7) is 0.388. The number of carbonyl (C=O) groups is 1. The number of aromatic amines is 1. The molecule has 1 amide bonds. The summed E-state index contributed by atoms with van der Waals surface area (Å²) in [6, 6.07) is 9.13. The van der Waals surface area contributed by atoms with E-state index in [2.05, 4.69) is 10.3 Å². The maximum atomic E-state index is 12.7. The van der Waals surface area contributed by atoms with Crippen LogP contribution in [0.15, 0.2) is 47.4 Å². The van der Waals surface area contributed by atoms with E-state index in [1.807, 2.05) is 0 Å². The van der Waals surface area contributed by atoms with Crippen molar-refractivity contribution in [2.24, 2.45) is 0 Å². The molecule has 2 aromatic rings. The Hall–Kier alpha value is -2.43. The molecule has 0 radical (unpaired) electrons. The zero-order valence-electron chi connectivity index (χ0n) is 10.2. The number of hydrogen-bond acceptors (Lipinski definition) is 2. The molecule has 0 saturated carbocycles. The fourth-order valence-corrected chi connectivity index (χ4v) is 1.67. The van der Waals surface area contributed by atoms with Crippen molar-refractivity contribution in [2.75, 3.05) is 6.54 Å². The largest absolute Gasteiger partial charge is 0.352 e. The van der Waals surface area contributed by atoms with Crippen LogP contribution >= 0.6 is 0 Å². The number of benzene rings is 1. The Balaban J connectivity index is 1.89. The molecule has 1 aromatic heterocycles. The predicted octanol–water partition coefficient (Wildman–Crippen LogP) is 1.49. The molecule has 5 heteroatoms. The lowest BCUT2D eigenvalue weighted by Crippen LogP contribution is -2.30. The van der Waals surface area contributed by atoms with E-state index in [1.54, 1.807) is 18.2 Å². The highest BCUT2D eigenvalue weighted by atomic mass is 19.1. The standard InChI is InChI=1S/C14H13FN2O2/c15-11-5-3-10(4-6-11)7-9-17-14(19)12-2-1-8-16-13(12)18/h1-6,8H,7,9H2,(H,16,18)(H,17,19). The van der Waals surface area contributed by atoms with Crippen molar-refractivity contribution in [1.82, 2.24) is 10.3 Å². The van der Waals surface area contributed by atoms with E-state index in [-0.39, 0.29) is 11.4 Å².